The molecule has 2 heterocycles. The highest BCUT2D eigenvalue weighted by Gasteiger charge is 2.46. The van der Waals surface area contributed by atoms with E-state index in [1.54, 1.807) is 6.08 Å². The van der Waals surface area contributed by atoms with E-state index < -0.39 is 61.4 Å². The van der Waals surface area contributed by atoms with E-state index in [9.17, 15) is 30.6 Å². The first kappa shape index (κ1) is 24.6. The van der Waals surface area contributed by atoms with Gasteiger partial charge in [0.25, 0.3) is 0 Å². The van der Waals surface area contributed by atoms with Crippen LogP contribution in [0, 0.1) is 0 Å². The maximum Gasteiger partial charge on any atom is 0.187 e. The SMILES string of the molecule is C=CC(CCCCC)O[C@@H]1O[C@H](CO[C@@H]2OC[C@@H](O)[C@@H](O)[C@@H]2O)[C@@H](O)[C@H](O)[C@H]1O. The normalized spacial score (nSPS) is 41.8. The minimum absolute atomic E-state index is 0.233. The van der Waals surface area contributed by atoms with Crippen LogP contribution in [-0.4, -0.2) is 105 Å². The van der Waals surface area contributed by atoms with Gasteiger partial charge in [0.15, 0.2) is 12.6 Å². The van der Waals surface area contributed by atoms with Crippen LogP contribution in [0.5, 0.6) is 0 Å². The number of unbranched alkanes of at least 4 members (excludes halogenated alkanes) is 2. The van der Waals surface area contributed by atoms with Crippen molar-refractivity contribution in [2.45, 2.75) is 94.0 Å². The fourth-order valence-corrected chi connectivity index (χ4v) is 3.29. The summed E-state index contributed by atoms with van der Waals surface area (Å²) in [6.07, 6.45) is -7.36. The number of aliphatic hydroxyl groups excluding tert-OH is 6. The van der Waals surface area contributed by atoms with E-state index in [-0.39, 0.29) is 13.2 Å². The number of aliphatic hydroxyl groups is 6. The van der Waals surface area contributed by atoms with Crippen molar-refractivity contribution in [1.29, 1.82) is 0 Å². The zero-order chi connectivity index (χ0) is 21.6. The average molecular weight is 422 g/mol. The number of ether oxygens (including phenoxy) is 4. The van der Waals surface area contributed by atoms with Gasteiger partial charge in [-0.3, -0.25) is 0 Å². The second-order valence-electron chi connectivity index (χ2n) is 7.50. The molecular formula is C19H34O10. The molecule has 0 aromatic rings. The summed E-state index contributed by atoms with van der Waals surface area (Å²) < 4.78 is 21.8. The van der Waals surface area contributed by atoms with Gasteiger partial charge in [-0.05, 0) is 6.42 Å². The molecule has 2 fully saturated rings. The van der Waals surface area contributed by atoms with Gasteiger partial charge in [0.1, 0.15) is 42.7 Å². The summed E-state index contributed by atoms with van der Waals surface area (Å²) in [5.41, 5.74) is 0. The van der Waals surface area contributed by atoms with Crippen LogP contribution in [0.2, 0.25) is 0 Å². The third-order valence-electron chi connectivity index (χ3n) is 5.21. The predicted molar refractivity (Wildman–Crippen MR) is 99.6 cm³/mol. The summed E-state index contributed by atoms with van der Waals surface area (Å²) in [5, 5.41) is 59.6. The minimum atomic E-state index is -1.53. The minimum Gasteiger partial charge on any atom is -0.388 e. The number of hydrogen-bond donors (Lipinski definition) is 6. The molecule has 1 unspecified atom stereocenters. The van der Waals surface area contributed by atoms with E-state index in [1.807, 2.05) is 0 Å². The highest BCUT2D eigenvalue weighted by molar-refractivity contribution is 4.91. The Kier molecular flexibility index (Phi) is 9.89. The smallest absolute Gasteiger partial charge is 0.187 e. The van der Waals surface area contributed by atoms with E-state index in [1.165, 1.54) is 0 Å². The topological polar surface area (TPSA) is 158 Å². The zero-order valence-corrected chi connectivity index (χ0v) is 16.6. The molecule has 0 aliphatic carbocycles. The summed E-state index contributed by atoms with van der Waals surface area (Å²) >= 11 is 0. The Morgan fingerprint density at radius 2 is 1.66 bits per heavy atom. The first-order chi connectivity index (χ1) is 13.8. The monoisotopic (exact) mass is 422 g/mol. The molecule has 10 heteroatoms. The first-order valence-electron chi connectivity index (χ1n) is 10.0. The molecule has 2 rings (SSSR count). The molecule has 2 saturated heterocycles. The summed E-state index contributed by atoms with van der Waals surface area (Å²) in [6, 6.07) is 0. The van der Waals surface area contributed by atoms with E-state index in [0.29, 0.717) is 6.42 Å². The van der Waals surface area contributed by atoms with Crippen molar-refractivity contribution < 1.29 is 49.6 Å². The Hall–Kier alpha value is -0.660. The van der Waals surface area contributed by atoms with Crippen LogP contribution < -0.4 is 0 Å². The average Bonchev–Trinajstić information content (AvgIpc) is 2.71. The van der Waals surface area contributed by atoms with Crippen molar-refractivity contribution in [2.24, 2.45) is 0 Å². The zero-order valence-electron chi connectivity index (χ0n) is 16.6. The third kappa shape index (κ3) is 6.41. The van der Waals surface area contributed by atoms with Crippen LogP contribution >= 0.6 is 0 Å². The van der Waals surface area contributed by atoms with Crippen LogP contribution in [0.4, 0.5) is 0 Å². The molecule has 0 saturated carbocycles. The molecule has 10 atom stereocenters. The molecule has 0 aromatic carbocycles. The van der Waals surface area contributed by atoms with Crippen molar-refractivity contribution >= 4 is 0 Å². The molecule has 0 amide bonds. The lowest BCUT2D eigenvalue weighted by molar-refractivity contribution is -0.325. The van der Waals surface area contributed by atoms with Crippen molar-refractivity contribution in [3.05, 3.63) is 12.7 Å². The second-order valence-corrected chi connectivity index (χ2v) is 7.50. The summed E-state index contributed by atoms with van der Waals surface area (Å²) in [7, 11) is 0. The van der Waals surface area contributed by atoms with E-state index in [2.05, 4.69) is 13.5 Å². The van der Waals surface area contributed by atoms with Gasteiger partial charge in [0, 0.05) is 0 Å². The Balaban J connectivity index is 1.93. The molecule has 2 aliphatic heterocycles. The van der Waals surface area contributed by atoms with Crippen molar-refractivity contribution in [2.75, 3.05) is 13.2 Å². The van der Waals surface area contributed by atoms with E-state index in [4.69, 9.17) is 18.9 Å². The Bertz CT molecular complexity index is 492. The van der Waals surface area contributed by atoms with Crippen molar-refractivity contribution in [1.82, 2.24) is 0 Å². The van der Waals surface area contributed by atoms with Crippen LogP contribution in [0.3, 0.4) is 0 Å². The first-order valence-corrected chi connectivity index (χ1v) is 10.0. The van der Waals surface area contributed by atoms with Gasteiger partial charge in [-0.2, -0.15) is 0 Å². The lowest BCUT2D eigenvalue weighted by Crippen LogP contribution is -2.60. The van der Waals surface area contributed by atoms with Gasteiger partial charge in [-0.25, -0.2) is 0 Å². The Morgan fingerprint density at radius 3 is 2.31 bits per heavy atom. The van der Waals surface area contributed by atoms with Crippen LogP contribution in [-0.2, 0) is 18.9 Å². The Morgan fingerprint density at radius 1 is 0.966 bits per heavy atom. The van der Waals surface area contributed by atoms with Gasteiger partial charge < -0.3 is 49.6 Å². The number of hydrogen-bond acceptors (Lipinski definition) is 10. The standard InChI is InChI=1S/C19H34O10/c1-3-5-6-7-10(4-2)28-19-17(25)15(23)14(22)12(29-19)9-27-18-16(24)13(21)11(20)8-26-18/h4,10-25H,2-3,5-9H2,1H3/t10?,11-,12-,13-,14-,15+,16+,17-,18+,19-/m1/s1. The summed E-state index contributed by atoms with van der Waals surface area (Å²) in [4.78, 5) is 0. The maximum atomic E-state index is 10.2. The second kappa shape index (κ2) is 11.7. The highest BCUT2D eigenvalue weighted by atomic mass is 16.7. The quantitative estimate of drug-likeness (QED) is 0.179. The van der Waals surface area contributed by atoms with Gasteiger partial charge in [0.05, 0.1) is 19.3 Å². The molecule has 0 spiro atoms. The number of rotatable bonds is 10. The Labute approximate surface area is 170 Å². The molecule has 10 nitrogen and oxygen atoms in total. The highest BCUT2D eigenvalue weighted by Crippen LogP contribution is 2.26. The molecule has 6 N–H and O–H groups in total. The molecular weight excluding hydrogens is 388 g/mol. The van der Waals surface area contributed by atoms with Gasteiger partial charge >= 0.3 is 0 Å². The van der Waals surface area contributed by atoms with Crippen LogP contribution in [0.25, 0.3) is 0 Å². The predicted octanol–water partition coefficient (Wildman–Crippen LogP) is -1.60. The van der Waals surface area contributed by atoms with E-state index >= 15 is 0 Å². The van der Waals surface area contributed by atoms with E-state index in [0.717, 1.165) is 19.3 Å². The molecule has 0 bridgehead atoms. The fourth-order valence-electron chi connectivity index (χ4n) is 3.29. The molecule has 2 aliphatic rings. The lowest BCUT2D eigenvalue weighted by atomic mass is 9.99. The van der Waals surface area contributed by atoms with Gasteiger partial charge in [-0.15, -0.1) is 6.58 Å². The largest absolute Gasteiger partial charge is 0.388 e. The van der Waals surface area contributed by atoms with Gasteiger partial charge in [-0.1, -0.05) is 32.3 Å². The third-order valence-corrected chi connectivity index (χ3v) is 5.21. The van der Waals surface area contributed by atoms with Crippen LogP contribution in [0.15, 0.2) is 12.7 Å². The summed E-state index contributed by atoms with van der Waals surface area (Å²) in [5.74, 6) is 0. The summed E-state index contributed by atoms with van der Waals surface area (Å²) in [6.45, 7) is 5.24. The molecule has 29 heavy (non-hydrogen) atoms. The fraction of sp³-hybridized carbons (Fsp3) is 0.895. The van der Waals surface area contributed by atoms with Crippen molar-refractivity contribution in [3.63, 3.8) is 0 Å². The van der Waals surface area contributed by atoms with Crippen LogP contribution in [0.1, 0.15) is 32.6 Å². The molecule has 0 aromatic heterocycles. The lowest BCUT2D eigenvalue weighted by Gasteiger charge is -2.42. The molecule has 0 radical (unpaired) electrons. The van der Waals surface area contributed by atoms with Gasteiger partial charge in [0.2, 0.25) is 0 Å². The molecule has 170 valence electrons. The maximum absolute atomic E-state index is 10.2. The van der Waals surface area contributed by atoms with Crippen molar-refractivity contribution in [3.8, 4) is 0 Å².